The van der Waals surface area contributed by atoms with E-state index in [1.54, 1.807) is 0 Å². The predicted molar refractivity (Wildman–Crippen MR) is 268 cm³/mol. The van der Waals surface area contributed by atoms with Crippen LogP contribution in [-0.2, 0) is 10.8 Å². The van der Waals surface area contributed by atoms with E-state index in [0.29, 0.717) is 0 Å². The van der Waals surface area contributed by atoms with E-state index < -0.39 is 8.07 Å². The second kappa shape index (κ2) is 15.3. The maximum absolute atomic E-state index is 6.52. The fraction of sp³-hybridized carbons (Fsp3) is 0.220. The molecule has 0 aliphatic heterocycles. The lowest BCUT2D eigenvalue weighted by atomic mass is 9.73. The van der Waals surface area contributed by atoms with Crippen molar-refractivity contribution in [1.29, 1.82) is 0 Å². The van der Waals surface area contributed by atoms with Crippen molar-refractivity contribution in [3.8, 4) is 33.4 Å². The topological polar surface area (TPSA) is 16.4 Å². The Labute approximate surface area is 369 Å². The van der Waals surface area contributed by atoms with Gasteiger partial charge in [0.2, 0.25) is 5.88 Å². The van der Waals surface area contributed by atoms with Crippen molar-refractivity contribution >= 4 is 53.6 Å². The third-order valence-electron chi connectivity index (χ3n) is 14.6. The summed E-state index contributed by atoms with van der Waals surface area (Å²) in [6, 6.07) is 59.0. The predicted octanol–water partition coefficient (Wildman–Crippen LogP) is 16.5. The lowest BCUT2D eigenvalue weighted by molar-refractivity contribution is 0.490. The van der Waals surface area contributed by atoms with Gasteiger partial charge in [-0.3, -0.25) is 4.90 Å². The quantitative estimate of drug-likeness (QED) is 0.0954. The molecule has 1 heterocycles. The summed E-state index contributed by atoms with van der Waals surface area (Å²) in [6.45, 7) is 16.7. The van der Waals surface area contributed by atoms with Crippen molar-refractivity contribution in [2.75, 3.05) is 4.90 Å². The molecule has 1 aromatic heterocycles. The van der Waals surface area contributed by atoms with Gasteiger partial charge in [-0.05, 0) is 129 Å². The number of anilines is 3. The molecule has 8 aromatic rings. The van der Waals surface area contributed by atoms with Crippen LogP contribution < -0.4 is 10.1 Å². The summed E-state index contributed by atoms with van der Waals surface area (Å²) in [5.74, 6) is 0.817. The summed E-state index contributed by atoms with van der Waals surface area (Å²) in [6.07, 6.45) is 8.83. The van der Waals surface area contributed by atoms with E-state index >= 15 is 0 Å². The van der Waals surface area contributed by atoms with Crippen molar-refractivity contribution in [2.45, 2.75) is 83.8 Å². The van der Waals surface area contributed by atoms with Crippen LogP contribution in [0.5, 0.6) is 0 Å². The van der Waals surface area contributed by atoms with Gasteiger partial charge in [0.15, 0.2) is 0 Å². The average Bonchev–Trinajstić information content (AvgIpc) is 3.94. The molecule has 2 nitrogen and oxygen atoms in total. The molecule has 62 heavy (non-hydrogen) atoms. The minimum absolute atomic E-state index is 0.0106. The summed E-state index contributed by atoms with van der Waals surface area (Å²) in [5, 5.41) is 2.61. The molecule has 0 unspecified atom stereocenters. The van der Waals surface area contributed by atoms with E-state index in [1.165, 1.54) is 71.9 Å². The van der Waals surface area contributed by atoms with Gasteiger partial charge in [0.05, 0.1) is 8.07 Å². The molecule has 0 radical (unpaired) electrons. The van der Waals surface area contributed by atoms with E-state index in [4.69, 9.17) is 4.42 Å². The first-order valence-electron chi connectivity index (χ1n) is 22.8. The first-order chi connectivity index (χ1) is 30.1. The van der Waals surface area contributed by atoms with Crippen LogP contribution in [0, 0.1) is 0 Å². The van der Waals surface area contributed by atoms with Crippen LogP contribution in [0.3, 0.4) is 0 Å². The second-order valence-electron chi connectivity index (χ2n) is 18.6. The molecule has 0 saturated carbocycles. The standard InChI is InChI=1S/C59H57NOSi/c1-8-58(9-2)52-35-40(23-31-48(52)50-33-27-43(37-54(50)58)42-25-29-47(30-26-42)62(5,6)7)21-22-41-24-32-49-51-34-28-46(39-55(51)59(10-3,11-4)53(49)36-41)60(45-18-13-12-14-19-45)57-38-44-17-15-16-20-56(44)61-57/h12-39H,8-11H2,1-7H3/b22-21+. The van der Waals surface area contributed by atoms with Gasteiger partial charge in [0.1, 0.15) is 5.58 Å². The number of benzene rings is 7. The zero-order valence-electron chi connectivity index (χ0n) is 37.3. The van der Waals surface area contributed by atoms with E-state index in [1.807, 2.05) is 12.1 Å². The van der Waals surface area contributed by atoms with Gasteiger partial charge < -0.3 is 4.42 Å². The molecular formula is C59H57NOSi. The van der Waals surface area contributed by atoms with Crippen molar-refractivity contribution in [1.82, 2.24) is 0 Å². The Balaban J connectivity index is 0.976. The van der Waals surface area contributed by atoms with Crippen molar-refractivity contribution in [3.05, 3.63) is 191 Å². The van der Waals surface area contributed by atoms with Gasteiger partial charge in [0.25, 0.3) is 0 Å². The van der Waals surface area contributed by atoms with Crippen LogP contribution >= 0.6 is 0 Å². The molecule has 0 bridgehead atoms. The molecule has 3 heteroatoms. The largest absolute Gasteiger partial charge is 0.440 e. The minimum atomic E-state index is -1.35. The van der Waals surface area contributed by atoms with E-state index in [2.05, 4.69) is 210 Å². The highest BCUT2D eigenvalue weighted by atomic mass is 28.3. The van der Waals surface area contributed by atoms with Gasteiger partial charge in [-0.2, -0.15) is 0 Å². The Morgan fingerprint density at radius 3 is 1.53 bits per heavy atom. The zero-order valence-corrected chi connectivity index (χ0v) is 38.3. The fourth-order valence-corrected chi connectivity index (χ4v) is 12.1. The first-order valence-corrected chi connectivity index (χ1v) is 26.3. The Hall–Kier alpha value is -6.16. The number of nitrogens with zero attached hydrogens (tertiary/aromatic N) is 1. The number of hydrogen-bond acceptors (Lipinski definition) is 2. The molecule has 0 amide bonds. The molecule has 7 aromatic carbocycles. The minimum Gasteiger partial charge on any atom is -0.440 e. The van der Waals surface area contributed by atoms with Gasteiger partial charge in [0, 0.05) is 33.7 Å². The van der Waals surface area contributed by atoms with Crippen LogP contribution in [0.4, 0.5) is 17.3 Å². The third kappa shape index (κ3) is 6.35. The Bertz CT molecular complexity index is 2960. The van der Waals surface area contributed by atoms with Crippen molar-refractivity contribution < 1.29 is 4.42 Å². The number of para-hydroxylation sites is 2. The maximum Gasteiger partial charge on any atom is 0.205 e. The second-order valence-corrected chi connectivity index (χ2v) is 23.7. The Kier molecular flexibility index (Phi) is 9.87. The summed E-state index contributed by atoms with van der Waals surface area (Å²) in [7, 11) is -1.35. The summed E-state index contributed by atoms with van der Waals surface area (Å²) in [5.41, 5.74) is 19.3. The molecule has 0 N–H and O–H groups in total. The van der Waals surface area contributed by atoms with Crippen LogP contribution in [-0.4, -0.2) is 8.07 Å². The lowest BCUT2D eigenvalue weighted by Crippen LogP contribution is -2.37. The van der Waals surface area contributed by atoms with E-state index in [-0.39, 0.29) is 10.8 Å². The SMILES string of the molecule is CCC1(CC)c2cc(/C=C/c3ccc4c(c3)C(CC)(CC)c3cc(N(c5ccccc5)c5cc6ccccc6o5)ccc3-4)ccc2-c2ccc(-c3ccc([Si](C)(C)C)cc3)cc21. The summed E-state index contributed by atoms with van der Waals surface area (Å²) < 4.78 is 6.52. The molecule has 2 aliphatic rings. The Morgan fingerprint density at radius 1 is 0.468 bits per heavy atom. The average molecular weight is 824 g/mol. The lowest BCUT2D eigenvalue weighted by Gasteiger charge is -2.31. The van der Waals surface area contributed by atoms with Crippen LogP contribution in [0.2, 0.25) is 19.6 Å². The number of fused-ring (bicyclic) bond motifs is 7. The number of furan rings is 1. The van der Waals surface area contributed by atoms with Crippen molar-refractivity contribution in [3.63, 3.8) is 0 Å². The highest BCUT2D eigenvalue weighted by Gasteiger charge is 2.42. The molecule has 308 valence electrons. The van der Waals surface area contributed by atoms with Crippen LogP contribution in [0.25, 0.3) is 56.5 Å². The molecule has 10 rings (SSSR count). The van der Waals surface area contributed by atoms with Crippen molar-refractivity contribution in [2.24, 2.45) is 0 Å². The smallest absolute Gasteiger partial charge is 0.205 e. The van der Waals surface area contributed by atoms with Gasteiger partial charge in [-0.1, -0.05) is 180 Å². The molecule has 0 spiro atoms. The van der Waals surface area contributed by atoms with Crippen LogP contribution in [0.1, 0.15) is 86.8 Å². The highest BCUT2D eigenvalue weighted by molar-refractivity contribution is 6.88. The maximum atomic E-state index is 6.52. The summed E-state index contributed by atoms with van der Waals surface area (Å²) >= 11 is 0. The molecule has 0 saturated heterocycles. The number of rotatable bonds is 11. The molecule has 0 atom stereocenters. The van der Waals surface area contributed by atoms with E-state index in [0.717, 1.165) is 53.9 Å². The molecule has 2 aliphatic carbocycles. The summed E-state index contributed by atoms with van der Waals surface area (Å²) in [4.78, 5) is 2.26. The monoisotopic (exact) mass is 823 g/mol. The molecular weight excluding hydrogens is 767 g/mol. The fourth-order valence-electron chi connectivity index (χ4n) is 11.0. The zero-order chi connectivity index (χ0) is 42.8. The van der Waals surface area contributed by atoms with E-state index in [9.17, 15) is 0 Å². The number of hydrogen-bond donors (Lipinski definition) is 0. The van der Waals surface area contributed by atoms with Gasteiger partial charge in [-0.15, -0.1) is 0 Å². The molecule has 0 fully saturated rings. The third-order valence-corrected chi connectivity index (χ3v) is 16.7. The van der Waals surface area contributed by atoms with Crippen LogP contribution in [0.15, 0.2) is 162 Å². The Morgan fingerprint density at radius 2 is 0.968 bits per heavy atom. The first kappa shape index (κ1) is 39.9. The highest BCUT2D eigenvalue weighted by Crippen LogP contribution is 2.56. The van der Waals surface area contributed by atoms with Gasteiger partial charge >= 0.3 is 0 Å². The normalized spacial score (nSPS) is 14.5. The van der Waals surface area contributed by atoms with Gasteiger partial charge in [-0.25, -0.2) is 0 Å².